The molecule has 0 aliphatic carbocycles. The molecule has 1 aliphatic rings. The summed E-state index contributed by atoms with van der Waals surface area (Å²) in [4.78, 5) is 11.0. The van der Waals surface area contributed by atoms with Crippen LogP contribution >= 0.6 is 0 Å². The van der Waals surface area contributed by atoms with Gasteiger partial charge in [-0.3, -0.25) is 9.54 Å². The fourth-order valence-electron chi connectivity index (χ4n) is 3.71. The maximum atomic E-state index is 15.1. The van der Waals surface area contributed by atoms with Gasteiger partial charge in [-0.15, -0.1) is 0 Å². The van der Waals surface area contributed by atoms with Crippen molar-refractivity contribution in [1.82, 2.24) is 14.7 Å². The van der Waals surface area contributed by atoms with E-state index in [1.54, 1.807) is 12.3 Å². The fraction of sp³-hybridized carbons (Fsp3) is 0.318. The van der Waals surface area contributed by atoms with Crippen molar-refractivity contribution in [3.63, 3.8) is 0 Å². The average Bonchev–Trinajstić information content (AvgIpc) is 2.85. The Morgan fingerprint density at radius 3 is 2.76 bits per heavy atom. The molecule has 9 nitrogen and oxygen atoms in total. The van der Waals surface area contributed by atoms with Gasteiger partial charge in [0.05, 0.1) is 30.6 Å². The Morgan fingerprint density at radius 1 is 1.24 bits per heavy atom. The summed E-state index contributed by atoms with van der Waals surface area (Å²) < 4.78 is 56.7. The molecule has 4 rings (SSSR count). The minimum Gasteiger partial charge on any atom is -0.378 e. The third-order valence-corrected chi connectivity index (χ3v) is 5.88. The molecule has 3 N–H and O–H groups in total. The number of anilines is 3. The number of aryl methyl sites for hydroxylation is 1. The Labute approximate surface area is 197 Å². The molecule has 3 aromatic rings. The lowest BCUT2D eigenvalue weighted by atomic mass is 10.1. The molecule has 2 heterocycles. The van der Waals surface area contributed by atoms with E-state index < -0.39 is 22.9 Å². The molecule has 1 saturated heterocycles. The van der Waals surface area contributed by atoms with Gasteiger partial charge in [-0.2, -0.15) is 5.26 Å². The normalized spacial score (nSPS) is 14.7. The van der Waals surface area contributed by atoms with E-state index in [0.717, 1.165) is 6.07 Å². The smallest absolute Gasteiger partial charge is 0.231 e. The number of fused-ring (bicyclic) bond motifs is 1. The van der Waals surface area contributed by atoms with Crippen LogP contribution in [0.5, 0.6) is 0 Å². The van der Waals surface area contributed by atoms with Gasteiger partial charge in [-0.25, -0.2) is 22.7 Å². The van der Waals surface area contributed by atoms with Gasteiger partial charge in [-0.1, -0.05) is 6.07 Å². The Bertz CT molecular complexity index is 1260. The second-order valence-corrected chi connectivity index (χ2v) is 8.35. The molecular formula is C22H22F2N6O3S. The molecule has 0 radical (unpaired) electrons. The lowest BCUT2D eigenvalue weighted by Gasteiger charge is -2.27. The van der Waals surface area contributed by atoms with E-state index in [9.17, 15) is 13.9 Å². The second kappa shape index (κ2) is 10.8. The maximum Gasteiger partial charge on any atom is 0.231 e. The summed E-state index contributed by atoms with van der Waals surface area (Å²) in [5.41, 5.74) is 1.00. The third kappa shape index (κ3) is 5.28. The molecule has 1 aromatic heterocycles. The lowest BCUT2D eigenvalue weighted by molar-refractivity contribution is 0.122. The van der Waals surface area contributed by atoms with Crippen LogP contribution < -0.4 is 14.9 Å². The molecule has 178 valence electrons. The number of hydrogen-bond acceptors (Lipinski definition) is 7. The van der Waals surface area contributed by atoms with E-state index in [0.29, 0.717) is 49.6 Å². The number of ether oxygens (including phenoxy) is 1. The first-order valence-corrected chi connectivity index (χ1v) is 11.7. The molecule has 1 aliphatic heterocycles. The number of nitrogens with zero attached hydrogens (tertiary/aromatic N) is 4. The van der Waals surface area contributed by atoms with E-state index >= 15 is 4.39 Å². The van der Waals surface area contributed by atoms with Gasteiger partial charge in [0.1, 0.15) is 34.5 Å². The van der Waals surface area contributed by atoms with Gasteiger partial charge < -0.3 is 15.0 Å². The molecule has 1 atom stereocenters. The SMILES string of the molecule is N#Cc1c(Nc2c(F)ccc(CCCNS(=O)O)c2F)ccc2ncc(N3CCOCC3)nc12. The summed E-state index contributed by atoms with van der Waals surface area (Å²) in [7, 11) is 0. The van der Waals surface area contributed by atoms with Crippen molar-refractivity contribution < 1.29 is 22.3 Å². The minimum absolute atomic E-state index is 0.124. The number of hydrogen-bond donors (Lipinski definition) is 3. The summed E-state index contributed by atoms with van der Waals surface area (Å²) in [6, 6.07) is 7.72. The van der Waals surface area contributed by atoms with Gasteiger partial charge in [0, 0.05) is 19.6 Å². The van der Waals surface area contributed by atoms with Crippen LogP contribution in [-0.2, 0) is 22.4 Å². The number of aromatic nitrogens is 2. The lowest BCUT2D eigenvalue weighted by Crippen LogP contribution is -2.36. The van der Waals surface area contributed by atoms with Crippen molar-refractivity contribution in [2.24, 2.45) is 0 Å². The van der Waals surface area contributed by atoms with Crippen LogP contribution in [0.3, 0.4) is 0 Å². The number of rotatable bonds is 8. The van der Waals surface area contributed by atoms with Crippen molar-refractivity contribution >= 4 is 39.5 Å². The van der Waals surface area contributed by atoms with Gasteiger partial charge in [0.25, 0.3) is 0 Å². The van der Waals surface area contributed by atoms with Gasteiger partial charge in [0.15, 0.2) is 5.82 Å². The highest BCUT2D eigenvalue weighted by Gasteiger charge is 2.19. The Hall–Kier alpha value is -3.24. The molecule has 1 fully saturated rings. The number of nitriles is 1. The molecule has 34 heavy (non-hydrogen) atoms. The van der Waals surface area contributed by atoms with Crippen LogP contribution in [0.4, 0.5) is 26.0 Å². The molecule has 0 saturated carbocycles. The van der Waals surface area contributed by atoms with Crippen molar-refractivity contribution in [2.45, 2.75) is 12.8 Å². The van der Waals surface area contributed by atoms with Crippen molar-refractivity contribution in [3.05, 3.63) is 53.2 Å². The molecular weight excluding hydrogens is 466 g/mol. The van der Waals surface area contributed by atoms with Crippen LogP contribution in [0.2, 0.25) is 0 Å². The van der Waals surface area contributed by atoms with Gasteiger partial charge >= 0.3 is 0 Å². The molecule has 1 unspecified atom stereocenters. The highest BCUT2D eigenvalue weighted by molar-refractivity contribution is 7.77. The zero-order chi connectivity index (χ0) is 24.1. The van der Waals surface area contributed by atoms with Crippen LogP contribution in [0.25, 0.3) is 11.0 Å². The van der Waals surface area contributed by atoms with E-state index in [4.69, 9.17) is 9.29 Å². The average molecular weight is 489 g/mol. The van der Waals surface area contributed by atoms with Crippen LogP contribution in [-0.4, -0.2) is 51.6 Å². The molecule has 2 aromatic carbocycles. The number of benzene rings is 2. The Balaban J connectivity index is 1.64. The zero-order valence-corrected chi connectivity index (χ0v) is 18.9. The molecule has 0 bridgehead atoms. The number of nitrogens with one attached hydrogen (secondary N) is 2. The maximum absolute atomic E-state index is 15.1. The minimum atomic E-state index is -2.15. The van der Waals surface area contributed by atoms with Crippen molar-refractivity contribution in [2.75, 3.05) is 43.1 Å². The Morgan fingerprint density at radius 2 is 2.03 bits per heavy atom. The summed E-state index contributed by atoms with van der Waals surface area (Å²) in [6.45, 7) is 2.61. The quantitative estimate of drug-likeness (QED) is 0.327. The molecule has 0 spiro atoms. The van der Waals surface area contributed by atoms with Gasteiger partial charge in [-0.05, 0) is 36.6 Å². The first-order valence-electron chi connectivity index (χ1n) is 10.6. The van der Waals surface area contributed by atoms with Crippen molar-refractivity contribution in [3.8, 4) is 6.07 Å². The first kappa shape index (κ1) is 23.9. The van der Waals surface area contributed by atoms with Crippen LogP contribution in [0.1, 0.15) is 17.5 Å². The number of halogens is 2. The third-order valence-electron chi connectivity index (χ3n) is 5.43. The first-order chi connectivity index (χ1) is 16.5. The van der Waals surface area contributed by atoms with Crippen LogP contribution in [0.15, 0.2) is 30.5 Å². The fourth-order valence-corrected chi connectivity index (χ4v) is 4.03. The monoisotopic (exact) mass is 488 g/mol. The van der Waals surface area contributed by atoms with E-state index in [1.165, 1.54) is 12.1 Å². The topological polar surface area (TPSA) is 123 Å². The number of morpholine rings is 1. The van der Waals surface area contributed by atoms with E-state index in [-0.39, 0.29) is 35.5 Å². The Kier molecular flexibility index (Phi) is 7.59. The van der Waals surface area contributed by atoms with E-state index in [1.807, 2.05) is 4.90 Å². The highest BCUT2D eigenvalue weighted by atomic mass is 32.2. The largest absolute Gasteiger partial charge is 0.378 e. The summed E-state index contributed by atoms with van der Waals surface area (Å²) in [5, 5.41) is 12.6. The summed E-state index contributed by atoms with van der Waals surface area (Å²) >= 11 is -2.15. The van der Waals surface area contributed by atoms with Crippen LogP contribution in [0, 0.1) is 23.0 Å². The standard InChI is InChI=1S/C22H22F2N6O3S/c23-16-4-3-14(2-1-7-27-34(31)32)20(24)22(16)28-17-5-6-18-21(15(17)12-25)29-19(13-26-18)30-8-10-33-11-9-30/h3-6,13,27-28H,1-2,7-11H2,(H,31,32). The second-order valence-electron chi connectivity index (χ2n) is 7.56. The molecule has 0 amide bonds. The highest BCUT2D eigenvalue weighted by Crippen LogP contribution is 2.31. The summed E-state index contributed by atoms with van der Waals surface area (Å²) in [6.07, 6.45) is 2.22. The van der Waals surface area contributed by atoms with E-state index in [2.05, 4.69) is 26.1 Å². The van der Waals surface area contributed by atoms with Crippen molar-refractivity contribution in [1.29, 1.82) is 5.26 Å². The van der Waals surface area contributed by atoms with Gasteiger partial charge in [0.2, 0.25) is 11.3 Å². The zero-order valence-electron chi connectivity index (χ0n) is 18.1. The predicted octanol–water partition coefficient (Wildman–Crippen LogP) is 3.02. The summed E-state index contributed by atoms with van der Waals surface area (Å²) in [5.74, 6) is -1.00. The molecule has 12 heteroatoms. The predicted molar refractivity (Wildman–Crippen MR) is 124 cm³/mol.